The largest absolute Gasteiger partial charge is 0.480 e. The fourth-order valence-corrected chi connectivity index (χ4v) is 3.55. The van der Waals surface area contributed by atoms with Gasteiger partial charge in [-0.2, -0.15) is 12.6 Å². The molecule has 6 atom stereocenters. The molecule has 0 saturated carbocycles. The van der Waals surface area contributed by atoms with E-state index in [9.17, 15) is 34.5 Å². The van der Waals surface area contributed by atoms with Gasteiger partial charge in [-0.25, -0.2) is 4.79 Å². The summed E-state index contributed by atoms with van der Waals surface area (Å²) >= 11 is 3.99. The molecule has 6 unspecified atom stereocenters. The number of hydrogen-bond donors (Lipinski definition) is 9. The molecule has 1 heterocycles. The van der Waals surface area contributed by atoms with Crippen molar-refractivity contribution in [3.8, 4) is 0 Å². The third-order valence-corrected chi connectivity index (χ3v) is 5.77. The standard InChI is InChI=1S/C22H31N5O7S/c1-10(28)17(21(32)27-18(11(2)29)22(33)34)26-20(31)16(25-19(30)14(23)9-35)7-12-8-24-15-6-4-3-5-13(12)15/h3-6,8,10-11,14,16-18,24,28-29,35H,7,9,23H2,1-2H3,(H,25,30)(H,26,31)(H,27,32)(H,33,34). The van der Waals surface area contributed by atoms with Crippen LogP contribution < -0.4 is 21.7 Å². The Kier molecular flexibility index (Phi) is 10.1. The van der Waals surface area contributed by atoms with E-state index in [-0.39, 0.29) is 12.2 Å². The summed E-state index contributed by atoms with van der Waals surface area (Å²) in [5.74, 6) is -3.93. The predicted molar refractivity (Wildman–Crippen MR) is 131 cm³/mol. The molecule has 13 heteroatoms. The van der Waals surface area contributed by atoms with Crippen LogP contribution in [0.1, 0.15) is 19.4 Å². The zero-order chi connectivity index (χ0) is 26.3. The number of carbonyl (C=O) groups excluding carboxylic acids is 3. The number of carbonyl (C=O) groups is 4. The number of aromatic nitrogens is 1. The van der Waals surface area contributed by atoms with Crippen molar-refractivity contribution in [3.63, 3.8) is 0 Å². The number of carboxylic acids is 1. The molecular weight excluding hydrogens is 478 g/mol. The number of H-pyrrole nitrogens is 1. The lowest BCUT2D eigenvalue weighted by molar-refractivity contribution is -0.146. The second kappa shape index (κ2) is 12.5. The SMILES string of the molecule is CC(O)C(NC(=O)C(NC(=O)C(Cc1c[nH]c2ccccc12)NC(=O)C(N)CS)C(C)O)C(=O)O. The number of amides is 3. The number of aromatic amines is 1. The van der Waals surface area contributed by atoms with E-state index in [1.807, 2.05) is 24.3 Å². The van der Waals surface area contributed by atoms with Crippen LogP contribution in [-0.2, 0) is 25.6 Å². The van der Waals surface area contributed by atoms with Gasteiger partial charge in [-0.15, -0.1) is 0 Å². The van der Waals surface area contributed by atoms with E-state index in [4.69, 9.17) is 5.73 Å². The molecule has 192 valence electrons. The van der Waals surface area contributed by atoms with Crippen LogP contribution in [-0.4, -0.2) is 86.1 Å². The number of para-hydroxylation sites is 1. The average Bonchev–Trinajstić information content (AvgIpc) is 3.21. The lowest BCUT2D eigenvalue weighted by Crippen LogP contribution is -2.61. The highest BCUT2D eigenvalue weighted by atomic mass is 32.1. The van der Waals surface area contributed by atoms with E-state index in [0.717, 1.165) is 10.9 Å². The fourth-order valence-electron chi connectivity index (χ4n) is 3.38. The molecule has 2 aromatic rings. The zero-order valence-electron chi connectivity index (χ0n) is 19.3. The Morgan fingerprint density at radius 1 is 0.971 bits per heavy atom. The number of fused-ring (bicyclic) bond motifs is 1. The van der Waals surface area contributed by atoms with Crippen molar-refractivity contribution < 1.29 is 34.5 Å². The zero-order valence-corrected chi connectivity index (χ0v) is 20.2. The van der Waals surface area contributed by atoms with Gasteiger partial charge in [-0.1, -0.05) is 18.2 Å². The number of aliphatic carboxylic acids is 1. The molecule has 9 N–H and O–H groups in total. The highest BCUT2D eigenvalue weighted by Gasteiger charge is 2.34. The molecule has 0 radical (unpaired) electrons. The predicted octanol–water partition coefficient (Wildman–Crippen LogP) is -1.73. The van der Waals surface area contributed by atoms with Crippen LogP contribution in [0.15, 0.2) is 30.5 Å². The lowest BCUT2D eigenvalue weighted by Gasteiger charge is -2.27. The molecule has 0 bridgehead atoms. The van der Waals surface area contributed by atoms with Crippen molar-refractivity contribution >= 4 is 47.2 Å². The van der Waals surface area contributed by atoms with Crippen molar-refractivity contribution in [1.82, 2.24) is 20.9 Å². The van der Waals surface area contributed by atoms with Crippen LogP contribution >= 0.6 is 12.6 Å². The molecule has 0 fully saturated rings. The maximum Gasteiger partial charge on any atom is 0.328 e. The summed E-state index contributed by atoms with van der Waals surface area (Å²) in [5.41, 5.74) is 7.25. The Morgan fingerprint density at radius 2 is 1.57 bits per heavy atom. The average molecular weight is 510 g/mol. The maximum atomic E-state index is 13.2. The van der Waals surface area contributed by atoms with Crippen molar-refractivity contribution in [3.05, 3.63) is 36.0 Å². The Hall–Kier alpha value is -3.13. The van der Waals surface area contributed by atoms with Crippen molar-refractivity contribution in [2.45, 2.75) is 56.6 Å². The molecule has 35 heavy (non-hydrogen) atoms. The molecule has 1 aromatic carbocycles. The van der Waals surface area contributed by atoms with Crippen LogP contribution in [0.3, 0.4) is 0 Å². The van der Waals surface area contributed by atoms with Crippen LogP contribution in [0.4, 0.5) is 0 Å². The van der Waals surface area contributed by atoms with Crippen molar-refractivity contribution in [1.29, 1.82) is 0 Å². The van der Waals surface area contributed by atoms with Gasteiger partial charge in [0.25, 0.3) is 0 Å². The van der Waals surface area contributed by atoms with Crippen LogP contribution in [0.25, 0.3) is 10.9 Å². The van der Waals surface area contributed by atoms with E-state index < -0.39 is 60.1 Å². The summed E-state index contributed by atoms with van der Waals surface area (Å²) in [6.07, 6.45) is -1.14. The smallest absolute Gasteiger partial charge is 0.328 e. The first-order chi connectivity index (χ1) is 16.5. The first kappa shape index (κ1) is 28.1. The third kappa shape index (κ3) is 7.42. The molecule has 0 saturated heterocycles. The minimum atomic E-state index is -1.66. The van der Waals surface area contributed by atoms with Crippen molar-refractivity contribution in [2.24, 2.45) is 5.73 Å². The number of aliphatic hydroxyl groups excluding tert-OH is 2. The van der Waals surface area contributed by atoms with Gasteiger partial charge >= 0.3 is 5.97 Å². The normalized spacial score (nSPS) is 16.4. The summed E-state index contributed by atoms with van der Waals surface area (Å²) in [7, 11) is 0. The number of carboxylic acid groups (broad SMARTS) is 1. The van der Waals surface area contributed by atoms with E-state index in [0.29, 0.717) is 5.56 Å². The first-order valence-electron chi connectivity index (χ1n) is 10.9. The highest BCUT2D eigenvalue weighted by Crippen LogP contribution is 2.19. The van der Waals surface area contributed by atoms with Gasteiger partial charge < -0.3 is 42.0 Å². The number of hydrogen-bond acceptors (Lipinski definition) is 8. The number of nitrogens with two attached hydrogens (primary N) is 1. The van der Waals surface area contributed by atoms with Crippen LogP contribution in [0, 0.1) is 0 Å². The Bertz CT molecular complexity index is 1060. The van der Waals surface area contributed by atoms with Crippen LogP contribution in [0.5, 0.6) is 0 Å². The molecule has 2 rings (SSSR count). The van der Waals surface area contributed by atoms with E-state index >= 15 is 0 Å². The fraction of sp³-hybridized carbons (Fsp3) is 0.455. The van der Waals surface area contributed by atoms with Gasteiger partial charge in [0.05, 0.1) is 18.2 Å². The Morgan fingerprint density at radius 3 is 2.14 bits per heavy atom. The highest BCUT2D eigenvalue weighted by molar-refractivity contribution is 7.80. The Labute approximate surface area is 207 Å². The monoisotopic (exact) mass is 509 g/mol. The molecule has 0 aliphatic heterocycles. The molecule has 0 aliphatic carbocycles. The van der Waals surface area contributed by atoms with E-state index in [2.05, 4.69) is 33.6 Å². The molecule has 12 nitrogen and oxygen atoms in total. The number of nitrogens with one attached hydrogen (secondary N) is 4. The lowest BCUT2D eigenvalue weighted by atomic mass is 10.0. The quantitative estimate of drug-likeness (QED) is 0.150. The van der Waals surface area contributed by atoms with Gasteiger partial charge in [-0.05, 0) is 25.5 Å². The summed E-state index contributed by atoms with van der Waals surface area (Å²) in [5, 5.41) is 36.7. The number of benzene rings is 1. The van der Waals surface area contributed by atoms with Crippen molar-refractivity contribution in [2.75, 3.05) is 5.75 Å². The summed E-state index contributed by atoms with van der Waals surface area (Å²) in [6, 6.07) is 1.94. The summed E-state index contributed by atoms with van der Waals surface area (Å²) in [6.45, 7) is 2.40. The molecule has 3 amide bonds. The van der Waals surface area contributed by atoms with Crippen LogP contribution in [0.2, 0.25) is 0 Å². The molecular formula is C22H31N5O7S. The molecule has 1 aromatic heterocycles. The topological polar surface area (TPSA) is 207 Å². The Balaban J connectivity index is 2.28. The molecule has 0 spiro atoms. The third-order valence-electron chi connectivity index (χ3n) is 5.37. The molecule has 0 aliphatic rings. The number of aliphatic hydroxyl groups is 2. The van der Waals surface area contributed by atoms with Gasteiger partial charge in [0.15, 0.2) is 6.04 Å². The summed E-state index contributed by atoms with van der Waals surface area (Å²) < 4.78 is 0. The number of rotatable bonds is 12. The summed E-state index contributed by atoms with van der Waals surface area (Å²) in [4.78, 5) is 52.6. The second-order valence-electron chi connectivity index (χ2n) is 8.21. The van der Waals surface area contributed by atoms with E-state index in [1.54, 1.807) is 6.20 Å². The van der Waals surface area contributed by atoms with Gasteiger partial charge in [0.2, 0.25) is 17.7 Å². The number of thiol groups is 1. The first-order valence-corrected chi connectivity index (χ1v) is 11.5. The second-order valence-corrected chi connectivity index (χ2v) is 8.57. The van der Waals surface area contributed by atoms with Gasteiger partial charge in [0, 0.05) is 29.3 Å². The minimum absolute atomic E-state index is 0.0282. The van der Waals surface area contributed by atoms with Gasteiger partial charge in [-0.3, -0.25) is 14.4 Å². The van der Waals surface area contributed by atoms with Gasteiger partial charge in [0.1, 0.15) is 12.1 Å². The van der Waals surface area contributed by atoms with E-state index in [1.165, 1.54) is 13.8 Å². The minimum Gasteiger partial charge on any atom is -0.480 e. The maximum absolute atomic E-state index is 13.2.